The van der Waals surface area contributed by atoms with Crippen molar-refractivity contribution in [1.29, 1.82) is 0 Å². The summed E-state index contributed by atoms with van der Waals surface area (Å²) in [6.07, 6.45) is 0. The van der Waals surface area contributed by atoms with E-state index in [0.29, 0.717) is 0 Å². The summed E-state index contributed by atoms with van der Waals surface area (Å²) in [6, 6.07) is 5.93. The van der Waals surface area contributed by atoms with E-state index in [1.807, 2.05) is 0 Å². The highest BCUT2D eigenvalue weighted by Crippen LogP contribution is 2.17. The molecule has 0 unspecified atom stereocenters. The summed E-state index contributed by atoms with van der Waals surface area (Å²) in [6.45, 7) is 1.15. The number of aromatic hydroxyl groups is 1. The fraction of sp³-hybridized carbons (Fsp3) is 0.100. The Kier molecular flexibility index (Phi) is 3.60. The van der Waals surface area contributed by atoms with Gasteiger partial charge in [-0.15, -0.1) is 0 Å². The molecule has 1 aromatic carbocycles. The zero-order chi connectivity index (χ0) is 12.1. The fourth-order valence-corrected chi connectivity index (χ4v) is 1.19. The Hall–Kier alpha value is -2.37. The van der Waals surface area contributed by atoms with Crippen molar-refractivity contribution >= 4 is 17.2 Å². The molecule has 3 N–H and O–H groups in total. The van der Waals surface area contributed by atoms with Crippen LogP contribution in [-0.2, 0) is 4.79 Å². The van der Waals surface area contributed by atoms with Gasteiger partial charge in [0, 0.05) is 12.5 Å². The smallest absolute Gasteiger partial charge is 0.183 e. The molecule has 1 rings (SSSR count). The van der Waals surface area contributed by atoms with Crippen LogP contribution in [0.2, 0.25) is 0 Å². The lowest BCUT2D eigenvalue weighted by molar-refractivity contribution is -0.111. The van der Waals surface area contributed by atoms with Crippen LogP contribution in [0.3, 0.4) is 0 Å². The molecule has 84 valence electrons. The minimum Gasteiger partial charge on any atom is -0.507 e. The van der Waals surface area contributed by atoms with E-state index in [9.17, 15) is 9.90 Å². The number of phenolic OH excluding ortho intramolecular Hbond substituents is 1. The van der Waals surface area contributed by atoms with Gasteiger partial charge in [-0.25, -0.2) is 0 Å². The Morgan fingerprint density at radius 2 is 1.81 bits per heavy atom. The first kappa shape index (κ1) is 11.7. The molecule has 0 aliphatic carbocycles. The van der Waals surface area contributed by atoms with Crippen molar-refractivity contribution in [2.24, 2.45) is 10.3 Å². The van der Waals surface area contributed by atoms with E-state index in [1.165, 1.54) is 12.1 Å². The molecule has 0 radical (unpaired) electrons. The molecule has 1 aromatic rings. The third kappa shape index (κ3) is 2.17. The maximum Gasteiger partial charge on any atom is 0.183 e. The number of hydrogen-bond donors (Lipinski definition) is 3. The molecule has 6 heteroatoms. The zero-order valence-corrected chi connectivity index (χ0v) is 8.45. The summed E-state index contributed by atoms with van der Waals surface area (Å²) in [7, 11) is 0. The predicted molar refractivity (Wildman–Crippen MR) is 56.3 cm³/mol. The highest BCUT2D eigenvalue weighted by molar-refractivity contribution is 6.70. The van der Waals surface area contributed by atoms with Gasteiger partial charge in [0.25, 0.3) is 0 Å². The number of oxime groups is 2. The molecule has 6 nitrogen and oxygen atoms in total. The fourth-order valence-electron chi connectivity index (χ4n) is 1.19. The molecular weight excluding hydrogens is 212 g/mol. The molecule has 0 saturated heterocycles. The average molecular weight is 222 g/mol. The second-order valence-electron chi connectivity index (χ2n) is 2.97. The summed E-state index contributed by atoms with van der Waals surface area (Å²) < 4.78 is 0. The lowest BCUT2D eigenvalue weighted by Crippen LogP contribution is -2.23. The van der Waals surface area contributed by atoms with Crippen LogP contribution in [0.1, 0.15) is 12.5 Å². The van der Waals surface area contributed by atoms with E-state index in [2.05, 4.69) is 10.3 Å². The molecule has 0 aliphatic rings. The van der Waals surface area contributed by atoms with Crippen molar-refractivity contribution in [3.8, 4) is 5.75 Å². The second kappa shape index (κ2) is 4.92. The monoisotopic (exact) mass is 222 g/mol. The lowest BCUT2D eigenvalue weighted by atomic mass is 10.0. The molecule has 0 aromatic heterocycles. The van der Waals surface area contributed by atoms with Crippen LogP contribution < -0.4 is 0 Å². The van der Waals surface area contributed by atoms with Crippen molar-refractivity contribution in [1.82, 2.24) is 0 Å². The Labute approximate surface area is 91.1 Å². The Balaban J connectivity index is 3.30. The van der Waals surface area contributed by atoms with E-state index in [4.69, 9.17) is 10.4 Å². The van der Waals surface area contributed by atoms with Crippen molar-refractivity contribution in [2.75, 3.05) is 0 Å². The summed E-state index contributed by atoms with van der Waals surface area (Å²) in [5.41, 5.74) is -0.606. The van der Waals surface area contributed by atoms with E-state index in [0.717, 1.165) is 6.92 Å². The molecule has 0 aliphatic heterocycles. The number of benzene rings is 1. The Morgan fingerprint density at radius 1 is 1.19 bits per heavy atom. The van der Waals surface area contributed by atoms with Gasteiger partial charge < -0.3 is 15.5 Å². The van der Waals surface area contributed by atoms with Gasteiger partial charge >= 0.3 is 0 Å². The first-order valence-electron chi connectivity index (χ1n) is 4.35. The van der Waals surface area contributed by atoms with Crippen LogP contribution in [0.4, 0.5) is 0 Å². The molecule has 0 atom stereocenters. The van der Waals surface area contributed by atoms with Crippen LogP contribution >= 0.6 is 0 Å². The standard InChI is InChI=1S/C10H10N2O4/c1-6(13)9(11-15)10(12-16)7-4-2-3-5-8(7)14/h2-5,14-16H,1H3. The van der Waals surface area contributed by atoms with Crippen molar-refractivity contribution in [2.45, 2.75) is 6.92 Å². The number of para-hydroxylation sites is 1. The maximum atomic E-state index is 11.1. The van der Waals surface area contributed by atoms with Gasteiger partial charge in [-0.2, -0.15) is 0 Å². The Morgan fingerprint density at radius 3 is 2.25 bits per heavy atom. The Bertz CT molecular complexity index is 466. The normalized spacial score (nSPS) is 12.6. The molecule has 0 heterocycles. The summed E-state index contributed by atoms with van der Waals surface area (Å²) in [4.78, 5) is 11.1. The van der Waals surface area contributed by atoms with E-state index in [1.54, 1.807) is 12.1 Å². The molecule has 16 heavy (non-hydrogen) atoms. The van der Waals surface area contributed by atoms with Crippen LogP contribution in [0.5, 0.6) is 5.75 Å². The van der Waals surface area contributed by atoms with E-state index >= 15 is 0 Å². The largest absolute Gasteiger partial charge is 0.507 e. The number of hydrogen-bond acceptors (Lipinski definition) is 6. The highest BCUT2D eigenvalue weighted by atomic mass is 16.4. The number of phenols is 1. The van der Waals surface area contributed by atoms with E-state index < -0.39 is 11.5 Å². The lowest BCUT2D eigenvalue weighted by Gasteiger charge is -2.05. The van der Waals surface area contributed by atoms with Gasteiger partial charge in [0.05, 0.1) is 0 Å². The number of carbonyl (C=O) groups is 1. The number of Topliss-reactive ketones (excluding diaryl/α,β-unsaturated/α-hetero) is 1. The third-order valence-corrected chi connectivity index (χ3v) is 1.92. The van der Waals surface area contributed by atoms with Crippen molar-refractivity contribution in [3.63, 3.8) is 0 Å². The maximum absolute atomic E-state index is 11.1. The molecule has 0 bridgehead atoms. The summed E-state index contributed by atoms with van der Waals surface area (Å²) in [5, 5.41) is 32.5. The van der Waals surface area contributed by atoms with Gasteiger partial charge in [0.1, 0.15) is 11.5 Å². The van der Waals surface area contributed by atoms with Gasteiger partial charge in [-0.1, -0.05) is 22.4 Å². The second-order valence-corrected chi connectivity index (χ2v) is 2.97. The number of carbonyl (C=O) groups excluding carboxylic acids is 1. The average Bonchev–Trinajstić information content (AvgIpc) is 2.26. The minimum absolute atomic E-state index is 0.105. The first-order valence-corrected chi connectivity index (χ1v) is 4.35. The topological polar surface area (TPSA) is 102 Å². The van der Waals surface area contributed by atoms with Gasteiger partial charge in [0.2, 0.25) is 0 Å². The van der Waals surface area contributed by atoms with Crippen LogP contribution in [0.15, 0.2) is 34.6 Å². The van der Waals surface area contributed by atoms with Crippen molar-refractivity contribution < 1.29 is 20.3 Å². The minimum atomic E-state index is -0.585. The quantitative estimate of drug-likeness (QED) is 0.403. The van der Waals surface area contributed by atoms with Gasteiger partial charge in [-0.3, -0.25) is 4.79 Å². The van der Waals surface area contributed by atoms with Crippen LogP contribution in [0.25, 0.3) is 0 Å². The third-order valence-electron chi connectivity index (χ3n) is 1.92. The van der Waals surface area contributed by atoms with Gasteiger partial charge in [-0.05, 0) is 12.1 Å². The van der Waals surface area contributed by atoms with Gasteiger partial charge in [0.15, 0.2) is 11.5 Å². The summed E-state index contributed by atoms with van der Waals surface area (Å²) >= 11 is 0. The first-order chi connectivity index (χ1) is 7.61. The number of rotatable bonds is 3. The molecule has 0 fully saturated rings. The predicted octanol–water partition coefficient (Wildman–Crippen LogP) is 0.990. The van der Waals surface area contributed by atoms with Crippen LogP contribution in [0, 0.1) is 0 Å². The van der Waals surface area contributed by atoms with Crippen molar-refractivity contribution in [3.05, 3.63) is 29.8 Å². The highest BCUT2D eigenvalue weighted by Gasteiger charge is 2.20. The molecular formula is C10H10N2O4. The molecule has 0 spiro atoms. The number of ketones is 1. The van der Waals surface area contributed by atoms with E-state index in [-0.39, 0.29) is 17.0 Å². The molecule has 0 amide bonds. The SMILES string of the molecule is CC(=O)C(=NO)C(=NO)c1ccccc1O. The molecule has 0 saturated carbocycles. The summed E-state index contributed by atoms with van der Waals surface area (Å²) in [5.74, 6) is -0.767. The number of nitrogens with zero attached hydrogens (tertiary/aromatic N) is 2. The zero-order valence-electron chi connectivity index (χ0n) is 8.45. The van der Waals surface area contributed by atoms with Crippen LogP contribution in [-0.4, -0.2) is 32.7 Å².